The Kier molecular flexibility index (Phi) is 5.15. The topological polar surface area (TPSA) is 52.3 Å². The van der Waals surface area contributed by atoms with Gasteiger partial charge in [0.15, 0.2) is 0 Å². The highest BCUT2D eigenvalue weighted by Crippen LogP contribution is 2.60. The molecule has 7 heteroatoms. The fraction of sp³-hybridized carbons (Fsp3) is 0.500. The summed E-state index contributed by atoms with van der Waals surface area (Å²) >= 11 is 5.29. The Hall–Kier alpha value is -1.69. The van der Waals surface area contributed by atoms with Crippen LogP contribution in [0, 0.1) is 31.1 Å². The Bertz CT molecular complexity index is 726. The minimum atomic E-state index is -4.61. The first-order valence-corrected chi connectivity index (χ1v) is 8.21. The Morgan fingerprint density at radius 3 is 2.52 bits per heavy atom. The number of carbonyl (C=O) groups is 1. The smallest absolute Gasteiger partial charge is 0.426 e. The van der Waals surface area contributed by atoms with Gasteiger partial charge in [-0.15, -0.1) is 0 Å². The quantitative estimate of drug-likeness (QED) is 0.602. The van der Waals surface area contributed by atoms with Crippen molar-refractivity contribution >= 4 is 23.3 Å². The molecule has 2 atom stereocenters. The lowest BCUT2D eigenvalue weighted by molar-refractivity contribution is -0.147. The highest BCUT2D eigenvalue weighted by molar-refractivity contribution is 6.30. The Morgan fingerprint density at radius 2 is 1.96 bits per heavy atom. The third kappa shape index (κ3) is 3.94. The maximum absolute atomic E-state index is 12.6. The largest absolute Gasteiger partial charge is 0.461 e. The first kappa shape index (κ1) is 19.6. The molecule has 1 fully saturated rings. The van der Waals surface area contributed by atoms with Crippen LogP contribution >= 0.6 is 11.6 Å². The second-order valence-electron chi connectivity index (χ2n) is 7.02. The maximum Gasteiger partial charge on any atom is 0.426 e. The van der Waals surface area contributed by atoms with Crippen LogP contribution in [-0.4, -0.2) is 12.1 Å². The summed E-state index contributed by atoms with van der Waals surface area (Å²) in [5.41, 5.74) is 8.42. The van der Waals surface area contributed by atoms with Gasteiger partial charge in [0.1, 0.15) is 11.6 Å². The third-order valence-electron chi connectivity index (χ3n) is 4.99. The summed E-state index contributed by atoms with van der Waals surface area (Å²) in [6.45, 7) is 7.19. The van der Waals surface area contributed by atoms with Crippen molar-refractivity contribution in [1.82, 2.24) is 0 Å². The number of alkyl halides is 3. The molecule has 0 saturated heterocycles. The molecule has 1 aliphatic rings. The number of anilines is 1. The predicted molar refractivity (Wildman–Crippen MR) is 90.9 cm³/mol. The van der Waals surface area contributed by atoms with Crippen LogP contribution in [-0.2, 0) is 16.1 Å². The van der Waals surface area contributed by atoms with Gasteiger partial charge in [-0.25, -0.2) is 0 Å². The van der Waals surface area contributed by atoms with Gasteiger partial charge in [-0.05, 0) is 47.9 Å². The number of nitrogens with two attached hydrogens (primary N) is 1. The number of hydrogen-bond donors (Lipinski definition) is 1. The van der Waals surface area contributed by atoms with Crippen LogP contribution in [0.15, 0.2) is 23.2 Å². The number of nitrogen functional groups attached to an aromatic ring is 1. The number of aryl methyl sites for hydroxylation is 1. The minimum absolute atomic E-state index is 0.0392. The van der Waals surface area contributed by atoms with E-state index in [0.717, 1.165) is 22.8 Å². The van der Waals surface area contributed by atoms with Crippen LogP contribution in [0.3, 0.4) is 0 Å². The van der Waals surface area contributed by atoms with Gasteiger partial charge < -0.3 is 10.5 Å². The third-order valence-corrected chi connectivity index (χ3v) is 5.33. The van der Waals surface area contributed by atoms with Crippen molar-refractivity contribution in [3.8, 4) is 0 Å². The van der Waals surface area contributed by atoms with E-state index in [1.54, 1.807) is 19.9 Å². The minimum Gasteiger partial charge on any atom is -0.461 e. The second-order valence-corrected chi connectivity index (χ2v) is 7.43. The molecule has 1 aromatic carbocycles. The monoisotopic (exact) mass is 375 g/mol. The van der Waals surface area contributed by atoms with Gasteiger partial charge >= 0.3 is 12.1 Å². The lowest BCUT2D eigenvalue weighted by Crippen LogP contribution is -2.12. The number of esters is 1. The summed E-state index contributed by atoms with van der Waals surface area (Å²) in [6.07, 6.45) is -3.70. The van der Waals surface area contributed by atoms with Gasteiger partial charge in [0, 0.05) is 5.69 Å². The van der Waals surface area contributed by atoms with Crippen LogP contribution in [0.2, 0.25) is 0 Å². The molecule has 2 N–H and O–H groups in total. The van der Waals surface area contributed by atoms with Gasteiger partial charge in [0.2, 0.25) is 0 Å². The van der Waals surface area contributed by atoms with Gasteiger partial charge in [-0.3, -0.25) is 4.79 Å². The number of hydrogen-bond acceptors (Lipinski definition) is 3. The first-order valence-electron chi connectivity index (χ1n) is 7.83. The van der Waals surface area contributed by atoms with E-state index in [1.165, 1.54) is 0 Å². The fourth-order valence-electron chi connectivity index (χ4n) is 3.06. The molecule has 1 aromatic rings. The lowest BCUT2D eigenvalue weighted by atomic mass is 10.0. The van der Waals surface area contributed by atoms with Crippen LogP contribution < -0.4 is 5.73 Å². The molecule has 1 saturated carbocycles. The van der Waals surface area contributed by atoms with Gasteiger partial charge in [-0.2, -0.15) is 13.2 Å². The summed E-state index contributed by atoms with van der Waals surface area (Å²) in [5, 5.41) is -1.21. The number of benzene rings is 1. The number of allylic oxidation sites excluding steroid dienone is 2. The molecule has 2 rings (SSSR count). The van der Waals surface area contributed by atoms with Crippen molar-refractivity contribution in [3.05, 3.63) is 39.9 Å². The molecule has 0 amide bonds. The molecule has 0 radical (unpaired) electrons. The predicted octanol–water partition coefficient (Wildman–Crippen LogP) is 4.89. The average molecular weight is 376 g/mol. The normalized spacial score (nSPS) is 22.6. The van der Waals surface area contributed by atoms with Crippen molar-refractivity contribution in [2.45, 2.75) is 40.5 Å². The van der Waals surface area contributed by atoms with Crippen molar-refractivity contribution in [3.63, 3.8) is 0 Å². The van der Waals surface area contributed by atoms with Crippen molar-refractivity contribution in [2.75, 3.05) is 5.73 Å². The van der Waals surface area contributed by atoms with Crippen LogP contribution in [0.25, 0.3) is 0 Å². The molecule has 138 valence electrons. The fourth-order valence-corrected chi connectivity index (χ4v) is 3.19. The van der Waals surface area contributed by atoms with E-state index in [-0.39, 0.29) is 6.61 Å². The molecule has 3 nitrogen and oxygen atoms in total. The van der Waals surface area contributed by atoms with Gasteiger partial charge in [0.05, 0.1) is 5.92 Å². The summed E-state index contributed by atoms with van der Waals surface area (Å²) in [5.74, 6) is -1.78. The van der Waals surface area contributed by atoms with E-state index in [4.69, 9.17) is 22.1 Å². The molecule has 1 aliphatic carbocycles. The van der Waals surface area contributed by atoms with Crippen molar-refractivity contribution in [1.29, 1.82) is 0 Å². The van der Waals surface area contributed by atoms with Crippen LogP contribution in [0.1, 0.15) is 30.5 Å². The molecule has 0 heterocycles. The van der Waals surface area contributed by atoms with Gasteiger partial charge in [-0.1, -0.05) is 37.6 Å². The zero-order chi connectivity index (χ0) is 19.2. The Labute approximate surface area is 150 Å². The molecular formula is C18H21ClF3NO2. The number of halogens is 4. The summed E-state index contributed by atoms with van der Waals surface area (Å²) in [7, 11) is 0. The zero-order valence-corrected chi connectivity index (χ0v) is 15.3. The molecule has 0 aromatic heterocycles. The molecule has 0 aliphatic heterocycles. The van der Waals surface area contributed by atoms with Gasteiger partial charge in [0.25, 0.3) is 0 Å². The van der Waals surface area contributed by atoms with E-state index < -0.39 is 34.4 Å². The Balaban J connectivity index is 2.09. The molecule has 25 heavy (non-hydrogen) atoms. The summed E-state index contributed by atoms with van der Waals surface area (Å²) < 4.78 is 43.1. The van der Waals surface area contributed by atoms with E-state index in [1.807, 2.05) is 19.9 Å². The maximum atomic E-state index is 12.6. The molecule has 0 bridgehead atoms. The Morgan fingerprint density at radius 1 is 1.36 bits per heavy atom. The van der Waals surface area contributed by atoms with E-state index in [0.29, 0.717) is 5.69 Å². The molecule has 2 unspecified atom stereocenters. The highest BCUT2D eigenvalue weighted by Gasteiger charge is 2.62. The second kappa shape index (κ2) is 6.56. The number of rotatable bonds is 4. The van der Waals surface area contributed by atoms with Crippen LogP contribution in [0.4, 0.5) is 18.9 Å². The van der Waals surface area contributed by atoms with E-state index >= 15 is 0 Å². The van der Waals surface area contributed by atoms with Crippen molar-refractivity contribution < 1.29 is 22.7 Å². The standard InChI is InChI=1S/C18H21ClF3NO2/c1-9-5-6-13(23)10(2)11(9)8-25-16(24)15-12(17(15,3)4)7-14(19)18(20,21)22/h5-7,12,15H,8,23H2,1-4H3/b14-7+. The number of carbonyl (C=O) groups excluding carboxylic acids is 1. The van der Waals surface area contributed by atoms with E-state index in [9.17, 15) is 18.0 Å². The lowest BCUT2D eigenvalue weighted by Gasteiger charge is -2.13. The number of ether oxygens (including phenoxy) is 1. The highest BCUT2D eigenvalue weighted by atomic mass is 35.5. The summed E-state index contributed by atoms with van der Waals surface area (Å²) in [4.78, 5) is 12.3. The van der Waals surface area contributed by atoms with Crippen LogP contribution in [0.5, 0.6) is 0 Å². The molecule has 0 spiro atoms. The molecular weight excluding hydrogens is 355 g/mol. The SMILES string of the molecule is Cc1ccc(N)c(C)c1COC(=O)C1C(/C=C(/Cl)C(F)(F)F)C1(C)C. The zero-order valence-electron chi connectivity index (χ0n) is 14.5. The van der Waals surface area contributed by atoms with E-state index in [2.05, 4.69) is 0 Å². The van der Waals surface area contributed by atoms with Crippen molar-refractivity contribution in [2.24, 2.45) is 17.3 Å². The first-order chi connectivity index (χ1) is 11.4. The summed E-state index contributed by atoms with van der Waals surface area (Å²) in [6, 6.07) is 3.61. The average Bonchev–Trinajstić information content (AvgIpc) is 3.02.